The van der Waals surface area contributed by atoms with Crippen LogP contribution in [-0.2, 0) is 6.54 Å². The molecule has 0 fully saturated rings. The van der Waals surface area contributed by atoms with Gasteiger partial charge in [-0.15, -0.1) is 11.3 Å². The highest BCUT2D eigenvalue weighted by Gasteiger charge is 2.06. The molecule has 0 aliphatic carbocycles. The minimum Gasteiger partial charge on any atom is -0.506 e. The molecule has 0 aliphatic rings. The number of aromatic hydroxyl groups is 1. The number of aromatic carboxylic acids is 1. The lowest BCUT2D eigenvalue weighted by molar-refractivity contribution is 0.0697. The van der Waals surface area contributed by atoms with Crippen LogP contribution in [0.25, 0.3) is 0 Å². The first-order valence-corrected chi connectivity index (χ1v) is 6.35. The van der Waals surface area contributed by atoms with E-state index >= 15 is 0 Å². The summed E-state index contributed by atoms with van der Waals surface area (Å²) < 4.78 is 0. The summed E-state index contributed by atoms with van der Waals surface area (Å²) in [5.41, 5.74) is 1.06. The topological polar surface area (TPSA) is 69.6 Å². The Morgan fingerprint density at radius 1 is 1.39 bits per heavy atom. The number of rotatable bonds is 4. The van der Waals surface area contributed by atoms with E-state index in [1.807, 2.05) is 0 Å². The van der Waals surface area contributed by atoms with Crippen LogP contribution in [0.15, 0.2) is 29.6 Å². The Balaban J connectivity index is 2.02. The Morgan fingerprint density at radius 3 is 2.78 bits per heavy atom. The number of carbonyl (C=O) groups is 1. The van der Waals surface area contributed by atoms with Crippen LogP contribution in [-0.4, -0.2) is 16.2 Å². The van der Waals surface area contributed by atoms with E-state index in [0.29, 0.717) is 12.1 Å². The molecule has 0 aliphatic heterocycles. The standard InChI is InChI=1S/C12H10ClNO3S/c13-10-4-8(1-2-11(10)15)14-5-9-3-7(6-18-9)12(16)17/h1-4,6,14-15H,5H2,(H,16,17). The number of carboxylic acid groups (broad SMARTS) is 1. The zero-order chi connectivity index (χ0) is 13.1. The summed E-state index contributed by atoms with van der Waals surface area (Å²) >= 11 is 7.15. The normalized spacial score (nSPS) is 10.3. The van der Waals surface area contributed by atoms with Gasteiger partial charge in [0.25, 0.3) is 0 Å². The number of anilines is 1. The number of phenolic OH excluding ortho intramolecular Hbond substituents is 1. The van der Waals surface area contributed by atoms with Gasteiger partial charge >= 0.3 is 5.97 Å². The van der Waals surface area contributed by atoms with Crippen molar-refractivity contribution in [1.82, 2.24) is 0 Å². The van der Waals surface area contributed by atoms with Crippen LogP contribution in [0.4, 0.5) is 5.69 Å². The molecule has 18 heavy (non-hydrogen) atoms. The number of phenols is 1. The van der Waals surface area contributed by atoms with Crippen LogP contribution in [0.2, 0.25) is 5.02 Å². The van der Waals surface area contributed by atoms with Crippen molar-refractivity contribution in [2.45, 2.75) is 6.54 Å². The van der Waals surface area contributed by atoms with Crippen molar-refractivity contribution in [3.63, 3.8) is 0 Å². The number of hydrogen-bond donors (Lipinski definition) is 3. The highest BCUT2D eigenvalue weighted by atomic mass is 35.5. The average molecular weight is 284 g/mol. The predicted molar refractivity (Wildman–Crippen MR) is 71.7 cm³/mol. The van der Waals surface area contributed by atoms with Gasteiger partial charge in [-0.2, -0.15) is 0 Å². The van der Waals surface area contributed by atoms with E-state index in [2.05, 4.69) is 5.32 Å². The molecule has 6 heteroatoms. The van der Waals surface area contributed by atoms with Crippen LogP contribution in [0.5, 0.6) is 5.75 Å². The summed E-state index contributed by atoms with van der Waals surface area (Å²) in [6, 6.07) is 6.44. The molecule has 1 heterocycles. The third-order valence-electron chi connectivity index (χ3n) is 2.32. The van der Waals surface area contributed by atoms with Gasteiger partial charge in [0.2, 0.25) is 0 Å². The maximum atomic E-state index is 10.7. The van der Waals surface area contributed by atoms with Gasteiger partial charge in [-0.1, -0.05) is 11.6 Å². The van der Waals surface area contributed by atoms with E-state index in [0.717, 1.165) is 10.6 Å². The lowest BCUT2D eigenvalue weighted by Crippen LogP contribution is -1.98. The lowest BCUT2D eigenvalue weighted by atomic mass is 10.3. The third-order valence-corrected chi connectivity index (χ3v) is 3.55. The molecule has 2 aromatic rings. The summed E-state index contributed by atoms with van der Waals surface area (Å²) in [5, 5.41) is 23.0. The van der Waals surface area contributed by atoms with Crippen LogP contribution < -0.4 is 5.32 Å². The van der Waals surface area contributed by atoms with Crippen molar-refractivity contribution in [2.75, 3.05) is 5.32 Å². The number of halogens is 1. The second kappa shape index (κ2) is 5.29. The molecule has 1 aromatic heterocycles. The van der Waals surface area contributed by atoms with Crippen LogP contribution in [0.1, 0.15) is 15.2 Å². The van der Waals surface area contributed by atoms with Crippen molar-refractivity contribution in [2.24, 2.45) is 0 Å². The monoisotopic (exact) mass is 283 g/mol. The Hall–Kier alpha value is -1.72. The van der Waals surface area contributed by atoms with Gasteiger partial charge in [-0.25, -0.2) is 4.79 Å². The van der Waals surface area contributed by atoms with E-state index in [1.54, 1.807) is 23.6 Å². The second-order valence-electron chi connectivity index (χ2n) is 3.63. The van der Waals surface area contributed by atoms with Gasteiger partial charge in [0, 0.05) is 22.5 Å². The van der Waals surface area contributed by atoms with Gasteiger partial charge in [-0.05, 0) is 24.3 Å². The summed E-state index contributed by atoms with van der Waals surface area (Å²) in [6.07, 6.45) is 0. The Labute approximate surface area is 112 Å². The number of nitrogens with one attached hydrogen (secondary N) is 1. The van der Waals surface area contributed by atoms with Gasteiger partial charge in [0.1, 0.15) is 5.75 Å². The summed E-state index contributed by atoms with van der Waals surface area (Å²) in [5.74, 6) is -0.892. The highest BCUT2D eigenvalue weighted by Crippen LogP contribution is 2.26. The van der Waals surface area contributed by atoms with Crippen molar-refractivity contribution < 1.29 is 15.0 Å². The van der Waals surface area contributed by atoms with Crippen molar-refractivity contribution >= 4 is 34.6 Å². The molecule has 0 bridgehead atoms. The van der Waals surface area contributed by atoms with Crippen molar-refractivity contribution in [1.29, 1.82) is 0 Å². The van der Waals surface area contributed by atoms with Gasteiger partial charge in [0.05, 0.1) is 10.6 Å². The molecule has 0 saturated carbocycles. The van der Waals surface area contributed by atoms with Crippen LogP contribution in [0.3, 0.4) is 0 Å². The van der Waals surface area contributed by atoms with E-state index in [4.69, 9.17) is 16.7 Å². The molecule has 3 N–H and O–H groups in total. The smallest absolute Gasteiger partial charge is 0.336 e. The molecule has 2 rings (SSSR count). The molecule has 0 unspecified atom stereocenters. The number of hydrogen-bond acceptors (Lipinski definition) is 4. The number of benzene rings is 1. The Morgan fingerprint density at radius 2 is 2.17 bits per heavy atom. The van der Waals surface area contributed by atoms with E-state index < -0.39 is 5.97 Å². The number of thiophene rings is 1. The summed E-state index contributed by atoms with van der Waals surface area (Å²) in [7, 11) is 0. The van der Waals surface area contributed by atoms with Gasteiger partial charge < -0.3 is 15.5 Å². The van der Waals surface area contributed by atoms with Crippen LogP contribution in [0, 0.1) is 0 Å². The van der Waals surface area contributed by atoms with Crippen molar-refractivity contribution in [3.8, 4) is 5.75 Å². The van der Waals surface area contributed by atoms with Crippen LogP contribution >= 0.6 is 22.9 Å². The average Bonchev–Trinajstić information content (AvgIpc) is 2.79. The zero-order valence-corrected chi connectivity index (χ0v) is 10.8. The Kier molecular flexibility index (Phi) is 3.74. The summed E-state index contributed by atoms with van der Waals surface area (Å²) in [6.45, 7) is 0.513. The minimum atomic E-state index is -0.926. The fourth-order valence-electron chi connectivity index (χ4n) is 1.39. The summed E-state index contributed by atoms with van der Waals surface area (Å²) in [4.78, 5) is 11.6. The lowest BCUT2D eigenvalue weighted by Gasteiger charge is -2.05. The first-order valence-electron chi connectivity index (χ1n) is 5.09. The largest absolute Gasteiger partial charge is 0.506 e. The quantitative estimate of drug-likeness (QED) is 0.752. The van der Waals surface area contributed by atoms with Crippen molar-refractivity contribution in [3.05, 3.63) is 45.1 Å². The molecular formula is C12H10ClNO3S. The van der Waals surface area contributed by atoms with E-state index in [1.165, 1.54) is 17.4 Å². The molecule has 1 aromatic carbocycles. The zero-order valence-electron chi connectivity index (χ0n) is 9.18. The molecule has 0 saturated heterocycles. The SMILES string of the molecule is O=C(O)c1csc(CNc2ccc(O)c(Cl)c2)c1. The van der Waals surface area contributed by atoms with E-state index in [-0.39, 0.29) is 10.8 Å². The molecule has 0 spiro atoms. The maximum absolute atomic E-state index is 10.7. The van der Waals surface area contributed by atoms with E-state index in [9.17, 15) is 9.90 Å². The second-order valence-corrected chi connectivity index (χ2v) is 5.03. The Bertz CT molecular complexity index is 582. The fraction of sp³-hybridized carbons (Fsp3) is 0.0833. The number of carboxylic acids is 1. The molecule has 0 amide bonds. The predicted octanol–water partition coefficient (Wildman–Crippen LogP) is 3.42. The maximum Gasteiger partial charge on any atom is 0.336 e. The first-order chi connectivity index (χ1) is 8.56. The third kappa shape index (κ3) is 2.94. The fourth-order valence-corrected chi connectivity index (χ4v) is 2.37. The molecule has 4 nitrogen and oxygen atoms in total. The van der Waals surface area contributed by atoms with Gasteiger partial charge in [-0.3, -0.25) is 0 Å². The molecular weight excluding hydrogens is 274 g/mol. The molecule has 94 valence electrons. The first kappa shape index (κ1) is 12.7. The highest BCUT2D eigenvalue weighted by molar-refractivity contribution is 7.10. The minimum absolute atomic E-state index is 0.0338. The molecule has 0 atom stereocenters. The van der Waals surface area contributed by atoms with Gasteiger partial charge in [0.15, 0.2) is 0 Å². The molecule has 0 radical (unpaired) electrons.